The molecule has 1 fully saturated rings. The number of aromatic nitrogens is 3. The molecule has 3 rings (SSSR count). The molecular weight excluding hydrogens is 274 g/mol. The van der Waals surface area contributed by atoms with E-state index >= 15 is 0 Å². The first-order valence-corrected chi connectivity index (χ1v) is 7.59. The summed E-state index contributed by atoms with van der Waals surface area (Å²) in [4.78, 5) is 15.2. The summed E-state index contributed by atoms with van der Waals surface area (Å²) in [7, 11) is 0. The number of nitrogens with zero attached hydrogens (tertiary/aromatic N) is 4. The van der Waals surface area contributed by atoms with Crippen LogP contribution in [0.5, 0.6) is 0 Å². The minimum atomic E-state index is 0.198. The SMILES string of the molecule is OCCN1CCC[C@@H]1c1csc(Nc2ncccn2)n1. The number of aliphatic hydroxyl groups is 1. The van der Waals surface area contributed by atoms with Crippen molar-refractivity contribution in [3.63, 3.8) is 0 Å². The first-order valence-electron chi connectivity index (χ1n) is 6.71. The molecule has 0 saturated carbocycles. The molecule has 2 aromatic rings. The molecule has 7 heteroatoms. The molecule has 6 nitrogen and oxygen atoms in total. The zero-order chi connectivity index (χ0) is 13.8. The highest BCUT2D eigenvalue weighted by molar-refractivity contribution is 7.13. The molecular formula is C13H17N5OS. The van der Waals surface area contributed by atoms with Crippen LogP contribution in [0, 0.1) is 0 Å². The van der Waals surface area contributed by atoms with Gasteiger partial charge in [0.05, 0.1) is 18.3 Å². The van der Waals surface area contributed by atoms with Crippen LogP contribution in [-0.4, -0.2) is 44.7 Å². The average molecular weight is 291 g/mol. The molecule has 1 aliphatic heterocycles. The van der Waals surface area contributed by atoms with Crippen molar-refractivity contribution in [1.82, 2.24) is 19.9 Å². The molecule has 1 saturated heterocycles. The molecule has 0 amide bonds. The lowest BCUT2D eigenvalue weighted by molar-refractivity contribution is 0.184. The van der Waals surface area contributed by atoms with Gasteiger partial charge in [-0.05, 0) is 25.5 Å². The quantitative estimate of drug-likeness (QED) is 0.875. The van der Waals surface area contributed by atoms with E-state index in [-0.39, 0.29) is 6.61 Å². The summed E-state index contributed by atoms with van der Waals surface area (Å²) in [5.41, 5.74) is 1.07. The van der Waals surface area contributed by atoms with Crippen LogP contribution in [0.1, 0.15) is 24.6 Å². The maximum atomic E-state index is 9.10. The van der Waals surface area contributed by atoms with E-state index in [1.807, 2.05) is 0 Å². The highest BCUT2D eigenvalue weighted by Crippen LogP contribution is 2.33. The predicted octanol–water partition coefficient (Wildman–Crippen LogP) is 1.81. The van der Waals surface area contributed by atoms with Crippen molar-refractivity contribution < 1.29 is 5.11 Å². The van der Waals surface area contributed by atoms with E-state index in [0.29, 0.717) is 18.5 Å². The fourth-order valence-electron chi connectivity index (χ4n) is 2.51. The molecule has 0 aromatic carbocycles. The van der Waals surface area contributed by atoms with Crippen LogP contribution >= 0.6 is 11.3 Å². The van der Waals surface area contributed by atoms with Crippen molar-refractivity contribution in [2.45, 2.75) is 18.9 Å². The topological polar surface area (TPSA) is 74.2 Å². The van der Waals surface area contributed by atoms with Gasteiger partial charge in [-0.3, -0.25) is 4.90 Å². The molecule has 0 unspecified atom stereocenters. The zero-order valence-electron chi connectivity index (χ0n) is 11.1. The number of thiazole rings is 1. The lowest BCUT2D eigenvalue weighted by Gasteiger charge is -2.21. The summed E-state index contributed by atoms with van der Waals surface area (Å²) in [6.45, 7) is 1.95. The van der Waals surface area contributed by atoms with Crippen LogP contribution in [0.2, 0.25) is 0 Å². The van der Waals surface area contributed by atoms with E-state index in [2.05, 4.69) is 30.5 Å². The number of rotatable bonds is 5. The Labute approximate surface area is 121 Å². The second-order valence-electron chi connectivity index (χ2n) is 4.69. The van der Waals surface area contributed by atoms with E-state index in [4.69, 9.17) is 5.11 Å². The summed E-state index contributed by atoms with van der Waals surface area (Å²) in [6.07, 6.45) is 5.66. The number of β-amino-alcohol motifs (C(OH)–C–C–N with tert-alkyl or cyclic N) is 1. The maximum absolute atomic E-state index is 9.10. The Morgan fingerprint density at radius 3 is 3.05 bits per heavy atom. The van der Waals surface area contributed by atoms with Crippen LogP contribution in [0.4, 0.5) is 11.1 Å². The maximum Gasteiger partial charge on any atom is 0.228 e. The van der Waals surface area contributed by atoms with Crippen LogP contribution < -0.4 is 5.32 Å². The van der Waals surface area contributed by atoms with Gasteiger partial charge in [0.25, 0.3) is 0 Å². The summed E-state index contributed by atoms with van der Waals surface area (Å²) >= 11 is 1.56. The summed E-state index contributed by atoms with van der Waals surface area (Å²) in [5, 5.41) is 15.1. The van der Waals surface area contributed by atoms with Crippen LogP contribution in [0.25, 0.3) is 0 Å². The molecule has 1 atom stereocenters. The zero-order valence-corrected chi connectivity index (χ0v) is 11.9. The van der Waals surface area contributed by atoms with Gasteiger partial charge >= 0.3 is 0 Å². The van der Waals surface area contributed by atoms with Gasteiger partial charge in [-0.25, -0.2) is 15.0 Å². The first kappa shape index (κ1) is 13.4. The number of hydrogen-bond donors (Lipinski definition) is 2. The monoisotopic (exact) mass is 291 g/mol. The average Bonchev–Trinajstić information content (AvgIpc) is 3.09. The van der Waals surface area contributed by atoms with Crippen LogP contribution in [0.15, 0.2) is 23.8 Å². The number of anilines is 2. The second-order valence-corrected chi connectivity index (χ2v) is 5.55. The molecule has 0 bridgehead atoms. The van der Waals surface area contributed by atoms with E-state index in [9.17, 15) is 0 Å². The Bertz CT molecular complexity index is 547. The van der Waals surface area contributed by atoms with Crippen molar-refractivity contribution in [2.24, 2.45) is 0 Å². The van der Waals surface area contributed by atoms with Gasteiger partial charge in [-0.2, -0.15) is 0 Å². The van der Waals surface area contributed by atoms with Crippen molar-refractivity contribution in [2.75, 3.05) is 25.0 Å². The van der Waals surface area contributed by atoms with E-state index in [1.54, 1.807) is 29.8 Å². The highest BCUT2D eigenvalue weighted by Gasteiger charge is 2.27. The lowest BCUT2D eigenvalue weighted by Crippen LogP contribution is -2.26. The summed E-state index contributed by atoms with van der Waals surface area (Å²) in [5.74, 6) is 0.562. The van der Waals surface area contributed by atoms with Crippen LogP contribution in [0.3, 0.4) is 0 Å². The third-order valence-electron chi connectivity index (χ3n) is 3.40. The summed E-state index contributed by atoms with van der Waals surface area (Å²) < 4.78 is 0. The normalized spacial score (nSPS) is 19.4. The van der Waals surface area contributed by atoms with Gasteiger partial charge in [0.1, 0.15) is 0 Å². The minimum Gasteiger partial charge on any atom is -0.395 e. The second kappa shape index (κ2) is 6.25. The van der Waals surface area contributed by atoms with E-state index in [1.165, 1.54) is 0 Å². The molecule has 2 aromatic heterocycles. The molecule has 3 heterocycles. The molecule has 0 aliphatic carbocycles. The van der Waals surface area contributed by atoms with Crippen LogP contribution in [-0.2, 0) is 0 Å². The minimum absolute atomic E-state index is 0.198. The Morgan fingerprint density at radius 2 is 2.25 bits per heavy atom. The Balaban J connectivity index is 1.70. The standard InChI is InChI=1S/C13H17N5OS/c19-8-7-18-6-1-3-11(18)10-9-20-13(16-10)17-12-14-4-2-5-15-12/h2,4-5,9,11,19H,1,3,6-8H2,(H,14,15,16,17)/t11-/m1/s1. The van der Waals surface area contributed by atoms with Crippen molar-refractivity contribution >= 4 is 22.4 Å². The Kier molecular flexibility index (Phi) is 4.19. The van der Waals surface area contributed by atoms with E-state index < -0.39 is 0 Å². The van der Waals surface area contributed by atoms with Gasteiger partial charge in [0.2, 0.25) is 5.95 Å². The number of aliphatic hydroxyl groups excluding tert-OH is 1. The molecule has 0 spiro atoms. The molecule has 106 valence electrons. The van der Waals surface area contributed by atoms with Gasteiger partial charge in [0, 0.05) is 24.3 Å². The highest BCUT2D eigenvalue weighted by atomic mass is 32.1. The van der Waals surface area contributed by atoms with E-state index in [0.717, 1.165) is 30.2 Å². The third kappa shape index (κ3) is 2.95. The molecule has 0 radical (unpaired) electrons. The predicted molar refractivity (Wildman–Crippen MR) is 78.1 cm³/mol. The number of hydrogen-bond acceptors (Lipinski definition) is 7. The number of likely N-dealkylation sites (tertiary alicyclic amines) is 1. The van der Waals surface area contributed by atoms with Crippen molar-refractivity contribution in [3.05, 3.63) is 29.5 Å². The Hall–Kier alpha value is -1.57. The van der Waals surface area contributed by atoms with Crippen molar-refractivity contribution in [3.8, 4) is 0 Å². The van der Waals surface area contributed by atoms with Crippen molar-refractivity contribution in [1.29, 1.82) is 0 Å². The Morgan fingerprint density at radius 1 is 1.40 bits per heavy atom. The van der Waals surface area contributed by atoms with Gasteiger partial charge in [-0.1, -0.05) is 0 Å². The van der Waals surface area contributed by atoms with Gasteiger partial charge in [-0.15, -0.1) is 11.3 Å². The fourth-order valence-corrected chi connectivity index (χ4v) is 3.26. The number of nitrogens with one attached hydrogen (secondary N) is 1. The molecule has 1 aliphatic rings. The largest absolute Gasteiger partial charge is 0.395 e. The first-order chi connectivity index (χ1) is 9.86. The molecule has 20 heavy (non-hydrogen) atoms. The summed E-state index contributed by atoms with van der Waals surface area (Å²) in [6, 6.07) is 2.11. The smallest absolute Gasteiger partial charge is 0.228 e. The lowest BCUT2D eigenvalue weighted by atomic mass is 10.2. The van der Waals surface area contributed by atoms with Gasteiger partial charge < -0.3 is 10.4 Å². The van der Waals surface area contributed by atoms with Gasteiger partial charge in [0.15, 0.2) is 5.13 Å². The molecule has 2 N–H and O–H groups in total. The third-order valence-corrected chi connectivity index (χ3v) is 4.17. The fraction of sp³-hybridized carbons (Fsp3) is 0.462.